The van der Waals surface area contributed by atoms with Crippen LogP contribution >= 0.6 is 0 Å². The van der Waals surface area contributed by atoms with Gasteiger partial charge in [-0.15, -0.1) is 0 Å². The Morgan fingerprint density at radius 2 is 1.05 bits per heavy atom. The highest BCUT2D eigenvalue weighted by atomic mass is 16.4. The van der Waals surface area contributed by atoms with E-state index in [9.17, 15) is 9.59 Å². The van der Waals surface area contributed by atoms with Crippen molar-refractivity contribution in [3.8, 4) is 0 Å². The summed E-state index contributed by atoms with van der Waals surface area (Å²) >= 11 is 0. The van der Waals surface area contributed by atoms with Crippen LogP contribution in [0.15, 0.2) is 67.0 Å². The molecule has 0 amide bonds. The topological polar surface area (TPSA) is 92.0 Å². The van der Waals surface area contributed by atoms with Crippen molar-refractivity contribution >= 4 is 22.2 Å². The number of H-pyrrole nitrogens is 2. The van der Waals surface area contributed by atoms with Crippen molar-refractivity contribution in [3.05, 3.63) is 69.6 Å². The van der Waals surface area contributed by atoms with Crippen LogP contribution in [0.3, 0.4) is 0 Å². The predicted octanol–water partition coefficient (Wildman–Crippen LogP) is 2.24. The number of hydrogen-bond donors (Lipinski definition) is 2. The first-order valence-corrected chi connectivity index (χ1v) is 5.88. The van der Waals surface area contributed by atoms with Crippen LogP contribution in [-0.4, -0.2) is 9.97 Å². The molecule has 0 unspecified atom stereocenters. The Kier molecular flexibility index (Phi) is 2.96. The van der Waals surface area contributed by atoms with Crippen LogP contribution in [0.5, 0.6) is 0 Å². The molecule has 20 heavy (non-hydrogen) atoms. The van der Waals surface area contributed by atoms with E-state index in [1.807, 2.05) is 24.3 Å². The van der Waals surface area contributed by atoms with Gasteiger partial charge in [0.05, 0.1) is 11.0 Å². The summed E-state index contributed by atoms with van der Waals surface area (Å²) in [5, 5.41) is 0. The average Bonchev–Trinajstić information content (AvgIpc) is 2.99. The molecule has 0 aliphatic heterocycles. The van der Waals surface area contributed by atoms with Crippen LogP contribution in [0.4, 0.5) is 0 Å². The Morgan fingerprint density at radius 1 is 0.650 bits per heavy atom. The zero-order chi connectivity index (χ0) is 13.9. The van der Waals surface area contributed by atoms with Crippen LogP contribution in [0.2, 0.25) is 0 Å². The summed E-state index contributed by atoms with van der Waals surface area (Å²) in [4.78, 5) is 26.2. The molecule has 0 aliphatic rings. The average molecular weight is 270 g/mol. The number of benzene rings is 2. The van der Waals surface area contributed by atoms with Crippen LogP contribution in [0, 0.1) is 0 Å². The van der Waals surface area contributed by atoms with Crippen molar-refractivity contribution in [2.24, 2.45) is 0 Å². The minimum Gasteiger partial charge on any atom is -0.408 e. The Balaban J connectivity index is 0.000000121. The zero-order valence-corrected chi connectivity index (χ0v) is 10.3. The molecule has 4 aromatic rings. The van der Waals surface area contributed by atoms with Crippen molar-refractivity contribution in [3.63, 3.8) is 0 Å². The molecule has 2 N–H and O–H groups in total. The van der Waals surface area contributed by atoms with E-state index >= 15 is 0 Å². The molecular formula is C14H10N2O4. The van der Waals surface area contributed by atoms with E-state index in [2.05, 4.69) is 9.97 Å². The van der Waals surface area contributed by atoms with Gasteiger partial charge in [0, 0.05) is 0 Å². The molecule has 2 aromatic carbocycles. The zero-order valence-electron chi connectivity index (χ0n) is 10.3. The molecule has 0 saturated heterocycles. The monoisotopic (exact) mass is 270 g/mol. The van der Waals surface area contributed by atoms with Gasteiger partial charge in [0.1, 0.15) is 0 Å². The van der Waals surface area contributed by atoms with E-state index < -0.39 is 11.5 Å². The maximum absolute atomic E-state index is 10.6. The third-order valence-corrected chi connectivity index (χ3v) is 2.65. The molecule has 0 aliphatic carbocycles. The molecule has 4 rings (SSSR count). The fourth-order valence-electron chi connectivity index (χ4n) is 1.79. The summed E-state index contributed by atoms with van der Waals surface area (Å²) in [6, 6.07) is 14.4. The Bertz CT molecular complexity index is 806. The maximum atomic E-state index is 10.6. The van der Waals surface area contributed by atoms with E-state index in [1.54, 1.807) is 24.3 Å². The standard InChI is InChI=1S/2C7H5NO2/c2*9-7-8-5-3-1-2-4-6(5)10-7/h2*1-4H,(H,8,9). The van der Waals surface area contributed by atoms with Crippen molar-refractivity contribution in [2.45, 2.75) is 0 Å². The molecular weight excluding hydrogens is 260 g/mol. The highest BCUT2D eigenvalue weighted by Crippen LogP contribution is 2.07. The first-order valence-electron chi connectivity index (χ1n) is 5.88. The van der Waals surface area contributed by atoms with Gasteiger partial charge in [-0.25, -0.2) is 9.59 Å². The van der Waals surface area contributed by atoms with Gasteiger partial charge in [-0.05, 0) is 24.3 Å². The lowest BCUT2D eigenvalue weighted by atomic mass is 10.3. The largest absolute Gasteiger partial charge is 0.417 e. The lowest BCUT2D eigenvalue weighted by molar-refractivity contribution is 0.555. The molecule has 0 spiro atoms. The first kappa shape index (κ1) is 12.0. The van der Waals surface area contributed by atoms with Gasteiger partial charge in [0.15, 0.2) is 11.2 Å². The minimum atomic E-state index is -0.402. The molecule has 2 heterocycles. The van der Waals surface area contributed by atoms with Crippen molar-refractivity contribution in [2.75, 3.05) is 0 Å². The number of aromatic amines is 2. The van der Waals surface area contributed by atoms with Gasteiger partial charge in [0.25, 0.3) is 0 Å². The number of hydrogen-bond acceptors (Lipinski definition) is 4. The van der Waals surface area contributed by atoms with E-state index in [0.29, 0.717) is 11.2 Å². The summed E-state index contributed by atoms with van der Waals surface area (Å²) in [7, 11) is 0. The second-order valence-corrected chi connectivity index (χ2v) is 4.02. The van der Waals surface area contributed by atoms with E-state index in [0.717, 1.165) is 11.0 Å². The maximum Gasteiger partial charge on any atom is 0.417 e. The van der Waals surface area contributed by atoms with Crippen LogP contribution < -0.4 is 11.5 Å². The van der Waals surface area contributed by atoms with Crippen molar-refractivity contribution in [1.82, 2.24) is 9.97 Å². The Labute approximate surface area is 111 Å². The SMILES string of the molecule is O=c1[nH]c2ccccc2o1.O=c1[nH]c2ccccc2o1. The number of oxazole rings is 2. The second-order valence-electron chi connectivity index (χ2n) is 4.02. The summed E-state index contributed by atoms with van der Waals surface area (Å²) in [5.41, 5.74) is 2.69. The van der Waals surface area contributed by atoms with Gasteiger partial charge in [-0.3, -0.25) is 9.97 Å². The first-order chi connectivity index (χ1) is 9.72. The minimum absolute atomic E-state index is 0.402. The lowest BCUT2D eigenvalue weighted by Gasteiger charge is -1.79. The number of para-hydroxylation sites is 4. The predicted molar refractivity (Wildman–Crippen MR) is 73.7 cm³/mol. The van der Waals surface area contributed by atoms with Gasteiger partial charge >= 0.3 is 11.5 Å². The normalized spacial score (nSPS) is 10.4. The summed E-state index contributed by atoms with van der Waals surface area (Å²) in [6.07, 6.45) is 0. The highest BCUT2D eigenvalue weighted by Gasteiger charge is 1.96. The fourth-order valence-corrected chi connectivity index (χ4v) is 1.79. The van der Waals surface area contributed by atoms with Crippen LogP contribution in [0.25, 0.3) is 22.2 Å². The highest BCUT2D eigenvalue weighted by molar-refractivity contribution is 5.71. The van der Waals surface area contributed by atoms with E-state index in [1.165, 1.54) is 0 Å². The molecule has 6 nitrogen and oxygen atoms in total. The Hall–Kier alpha value is -3.02. The number of rotatable bonds is 0. The molecule has 100 valence electrons. The lowest BCUT2D eigenvalue weighted by Crippen LogP contribution is -1.92. The molecule has 0 fully saturated rings. The third-order valence-electron chi connectivity index (χ3n) is 2.65. The Morgan fingerprint density at radius 3 is 1.45 bits per heavy atom. The molecule has 0 radical (unpaired) electrons. The summed E-state index contributed by atoms with van der Waals surface area (Å²) < 4.78 is 9.51. The van der Waals surface area contributed by atoms with Crippen molar-refractivity contribution in [1.29, 1.82) is 0 Å². The smallest absolute Gasteiger partial charge is 0.408 e. The van der Waals surface area contributed by atoms with Gasteiger partial charge < -0.3 is 8.83 Å². The van der Waals surface area contributed by atoms with E-state index in [4.69, 9.17) is 8.83 Å². The molecule has 0 saturated carbocycles. The molecule has 6 heteroatoms. The van der Waals surface area contributed by atoms with Gasteiger partial charge in [-0.1, -0.05) is 24.3 Å². The van der Waals surface area contributed by atoms with Gasteiger partial charge in [0.2, 0.25) is 0 Å². The quantitative estimate of drug-likeness (QED) is 0.512. The van der Waals surface area contributed by atoms with Gasteiger partial charge in [-0.2, -0.15) is 0 Å². The summed E-state index contributed by atoms with van der Waals surface area (Å²) in [5.74, 6) is -0.803. The van der Waals surface area contributed by atoms with Crippen molar-refractivity contribution < 1.29 is 8.83 Å². The number of aromatic nitrogens is 2. The molecule has 2 aromatic heterocycles. The third kappa shape index (κ3) is 2.39. The molecule has 0 bridgehead atoms. The fraction of sp³-hybridized carbons (Fsp3) is 0. The number of nitrogens with one attached hydrogen (secondary N) is 2. The number of fused-ring (bicyclic) bond motifs is 2. The molecule has 0 atom stereocenters. The van der Waals surface area contributed by atoms with Crippen LogP contribution in [0.1, 0.15) is 0 Å². The van der Waals surface area contributed by atoms with Crippen LogP contribution in [-0.2, 0) is 0 Å². The summed E-state index contributed by atoms with van der Waals surface area (Å²) in [6.45, 7) is 0. The second kappa shape index (κ2) is 4.93. The van der Waals surface area contributed by atoms with E-state index in [-0.39, 0.29) is 0 Å².